The second-order valence-corrected chi connectivity index (χ2v) is 2.95. The molecule has 0 saturated heterocycles. The first-order valence-electron chi connectivity index (χ1n) is 2.78. The number of rotatable bonds is 2. The van der Waals surface area contributed by atoms with Gasteiger partial charge in [0.2, 0.25) is 0 Å². The standard InChI is InChI=1S/C6H12O3/c1-6(2,3)5(7)4-9-8/h8H,4H2,1-3H3. The van der Waals surface area contributed by atoms with E-state index in [-0.39, 0.29) is 12.4 Å². The second-order valence-electron chi connectivity index (χ2n) is 2.95. The summed E-state index contributed by atoms with van der Waals surface area (Å²) in [5.41, 5.74) is -0.414. The highest BCUT2D eigenvalue weighted by Crippen LogP contribution is 2.13. The van der Waals surface area contributed by atoms with Crippen molar-refractivity contribution in [2.24, 2.45) is 5.41 Å². The van der Waals surface area contributed by atoms with Gasteiger partial charge < -0.3 is 0 Å². The van der Waals surface area contributed by atoms with Crippen molar-refractivity contribution in [2.45, 2.75) is 20.8 Å². The Morgan fingerprint density at radius 2 is 2.00 bits per heavy atom. The van der Waals surface area contributed by atoms with Gasteiger partial charge in [-0.3, -0.25) is 10.1 Å². The highest BCUT2D eigenvalue weighted by molar-refractivity contribution is 5.84. The van der Waals surface area contributed by atoms with Crippen molar-refractivity contribution in [3.63, 3.8) is 0 Å². The van der Waals surface area contributed by atoms with E-state index in [0.29, 0.717) is 0 Å². The van der Waals surface area contributed by atoms with Gasteiger partial charge in [0.1, 0.15) is 6.61 Å². The minimum Gasteiger partial charge on any atom is -0.296 e. The van der Waals surface area contributed by atoms with Gasteiger partial charge >= 0.3 is 0 Å². The minimum absolute atomic E-state index is 0.106. The molecular weight excluding hydrogens is 120 g/mol. The fourth-order valence-corrected chi connectivity index (χ4v) is 0.275. The summed E-state index contributed by atoms with van der Waals surface area (Å²) in [5, 5.41) is 7.88. The van der Waals surface area contributed by atoms with E-state index in [9.17, 15) is 4.79 Å². The minimum atomic E-state index is -0.414. The molecule has 0 amide bonds. The summed E-state index contributed by atoms with van der Waals surface area (Å²) >= 11 is 0. The maximum absolute atomic E-state index is 10.8. The van der Waals surface area contributed by atoms with Crippen LogP contribution in [0, 0.1) is 5.41 Å². The molecule has 3 heteroatoms. The van der Waals surface area contributed by atoms with Gasteiger partial charge in [0, 0.05) is 5.41 Å². The molecule has 3 nitrogen and oxygen atoms in total. The zero-order valence-electron chi connectivity index (χ0n) is 5.97. The Hall–Kier alpha value is -0.410. The van der Waals surface area contributed by atoms with Crippen molar-refractivity contribution < 1.29 is 14.9 Å². The summed E-state index contributed by atoms with van der Waals surface area (Å²) in [4.78, 5) is 14.5. The highest BCUT2D eigenvalue weighted by atomic mass is 17.1. The Labute approximate surface area is 54.6 Å². The Kier molecular flexibility index (Phi) is 2.81. The lowest BCUT2D eigenvalue weighted by atomic mass is 9.91. The largest absolute Gasteiger partial charge is 0.296 e. The van der Waals surface area contributed by atoms with Gasteiger partial charge in [-0.05, 0) is 0 Å². The summed E-state index contributed by atoms with van der Waals surface area (Å²) in [7, 11) is 0. The number of carbonyl (C=O) groups excluding carboxylic acids is 1. The first-order chi connectivity index (χ1) is 3.98. The predicted molar refractivity (Wildman–Crippen MR) is 33.0 cm³/mol. The lowest BCUT2D eigenvalue weighted by Crippen LogP contribution is -2.24. The molecule has 1 N–H and O–H groups in total. The van der Waals surface area contributed by atoms with Crippen LogP contribution in [0.15, 0.2) is 0 Å². The van der Waals surface area contributed by atoms with Gasteiger partial charge in [-0.2, -0.15) is 0 Å². The van der Waals surface area contributed by atoms with Crippen LogP contribution in [0.2, 0.25) is 0 Å². The molecule has 9 heavy (non-hydrogen) atoms. The number of hydrogen-bond acceptors (Lipinski definition) is 3. The molecule has 0 aromatic heterocycles. The van der Waals surface area contributed by atoms with Crippen LogP contribution in [-0.4, -0.2) is 17.6 Å². The van der Waals surface area contributed by atoms with Crippen molar-refractivity contribution in [1.29, 1.82) is 0 Å². The van der Waals surface area contributed by atoms with E-state index >= 15 is 0 Å². The van der Waals surface area contributed by atoms with Crippen LogP contribution in [0.4, 0.5) is 0 Å². The van der Waals surface area contributed by atoms with Crippen molar-refractivity contribution in [1.82, 2.24) is 0 Å². The third-order valence-corrected chi connectivity index (χ3v) is 1.03. The first-order valence-corrected chi connectivity index (χ1v) is 2.78. The second kappa shape index (κ2) is 2.94. The predicted octanol–water partition coefficient (Wildman–Crippen LogP) is 1.09. The normalized spacial score (nSPS) is 11.6. The maximum atomic E-state index is 10.8. The van der Waals surface area contributed by atoms with E-state index in [4.69, 9.17) is 5.26 Å². The fourth-order valence-electron chi connectivity index (χ4n) is 0.275. The van der Waals surface area contributed by atoms with Crippen molar-refractivity contribution in [3.8, 4) is 0 Å². The van der Waals surface area contributed by atoms with E-state index in [2.05, 4.69) is 4.89 Å². The van der Waals surface area contributed by atoms with E-state index in [1.807, 2.05) is 0 Å². The van der Waals surface area contributed by atoms with Crippen LogP contribution in [0.1, 0.15) is 20.8 Å². The smallest absolute Gasteiger partial charge is 0.167 e. The first kappa shape index (κ1) is 8.59. The Balaban J connectivity index is 3.74. The Morgan fingerprint density at radius 1 is 1.56 bits per heavy atom. The van der Waals surface area contributed by atoms with E-state index in [1.165, 1.54) is 0 Å². The Morgan fingerprint density at radius 3 is 2.11 bits per heavy atom. The zero-order chi connectivity index (χ0) is 7.49. The molecule has 0 aromatic rings. The number of hydrogen-bond donors (Lipinski definition) is 1. The van der Waals surface area contributed by atoms with Crippen molar-refractivity contribution in [2.75, 3.05) is 6.61 Å². The lowest BCUT2D eigenvalue weighted by molar-refractivity contribution is -0.240. The monoisotopic (exact) mass is 132 g/mol. The third-order valence-electron chi connectivity index (χ3n) is 1.03. The summed E-state index contributed by atoms with van der Waals surface area (Å²) in [6.07, 6.45) is 0. The molecule has 0 unspecified atom stereocenters. The molecule has 0 fully saturated rings. The van der Waals surface area contributed by atoms with Crippen molar-refractivity contribution in [3.05, 3.63) is 0 Å². The van der Waals surface area contributed by atoms with Crippen LogP contribution in [0.25, 0.3) is 0 Å². The van der Waals surface area contributed by atoms with Gasteiger partial charge in [0.05, 0.1) is 0 Å². The summed E-state index contributed by atoms with van der Waals surface area (Å²) in [5.74, 6) is -0.106. The van der Waals surface area contributed by atoms with Gasteiger partial charge in [0.25, 0.3) is 0 Å². The average molecular weight is 132 g/mol. The van der Waals surface area contributed by atoms with Crippen LogP contribution in [0.5, 0.6) is 0 Å². The molecule has 0 atom stereocenters. The molecule has 0 radical (unpaired) electrons. The molecular formula is C6H12O3. The highest BCUT2D eigenvalue weighted by Gasteiger charge is 2.20. The number of carbonyl (C=O) groups is 1. The van der Waals surface area contributed by atoms with Crippen LogP contribution in [0.3, 0.4) is 0 Å². The van der Waals surface area contributed by atoms with Gasteiger partial charge in [-0.25, -0.2) is 4.89 Å². The van der Waals surface area contributed by atoms with E-state index < -0.39 is 5.41 Å². The average Bonchev–Trinajstić information content (AvgIpc) is 1.64. The maximum Gasteiger partial charge on any atom is 0.167 e. The number of Topliss-reactive ketones (excluding diaryl/α,β-unsaturated/α-hetero) is 1. The summed E-state index contributed by atoms with van der Waals surface area (Å²) in [6.45, 7) is 5.10. The SMILES string of the molecule is CC(C)(C)C(=O)COO. The lowest BCUT2D eigenvalue weighted by Gasteiger charge is -2.14. The summed E-state index contributed by atoms with van der Waals surface area (Å²) < 4.78 is 0. The quantitative estimate of drug-likeness (QED) is 0.452. The molecule has 0 saturated carbocycles. The third kappa shape index (κ3) is 3.21. The van der Waals surface area contributed by atoms with Crippen LogP contribution in [-0.2, 0) is 9.68 Å². The molecule has 0 heterocycles. The van der Waals surface area contributed by atoms with Gasteiger partial charge in [0.15, 0.2) is 5.78 Å². The molecule has 0 rings (SSSR count). The van der Waals surface area contributed by atoms with Gasteiger partial charge in [-0.1, -0.05) is 20.8 Å². The molecule has 54 valence electrons. The van der Waals surface area contributed by atoms with Crippen LogP contribution >= 0.6 is 0 Å². The van der Waals surface area contributed by atoms with E-state index in [1.54, 1.807) is 20.8 Å². The fraction of sp³-hybridized carbons (Fsp3) is 0.833. The Bertz CT molecular complexity index is 101. The topological polar surface area (TPSA) is 46.5 Å². The number of ketones is 1. The van der Waals surface area contributed by atoms with Crippen LogP contribution < -0.4 is 0 Å². The summed E-state index contributed by atoms with van der Waals surface area (Å²) in [6, 6.07) is 0. The molecule has 0 spiro atoms. The molecule has 0 bridgehead atoms. The van der Waals surface area contributed by atoms with E-state index in [0.717, 1.165) is 0 Å². The molecule has 0 aromatic carbocycles. The zero-order valence-corrected chi connectivity index (χ0v) is 5.97. The van der Waals surface area contributed by atoms with Gasteiger partial charge in [-0.15, -0.1) is 0 Å². The van der Waals surface area contributed by atoms with Crippen molar-refractivity contribution >= 4 is 5.78 Å². The molecule has 0 aliphatic rings. The molecule has 0 aliphatic heterocycles. The molecule has 0 aliphatic carbocycles.